The minimum atomic E-state index is 0.743. The zero-order valence-electron chi connectivity index (χ0n) is 8.16. The molecule has 0 radical (unpaired) electrons. The zero-order valence-corrected chi connectivity index (χ0v) is 8.16. The van der Waals surface area contributed by atoms with Crippen LogP contribution in [0.15, 0.2) is 18.5 Å². The Morgan fingerprint density at radius 1 is 1.36 bits per heavy atom. The lowest BCUT2D eigenvalue weighted by Gasteiger charge is -2.33. The summed E-state index contributed by atoms with van der Waals surface area (Å²) in [6.45, 7) is 2.34. The normalized spacial score (nSPS) is 31.3. The SMILES string of the molecule is C1=C(c2cn[nH]c2)CC2CNCC1C2. The van der Waals surface area contributed by atoms with Crippen LogP contribution < -0.4 is 5.32 Å². The maximum absolute atomic E-state index is 4.01. The number of aromatic amines is 1. The van der Waals surface area contributed by atoms with Crippen LogP contribution in [0.2, 0.25) is 0 Å². The molecule has 0 saturated carbocycles. The van der Waals surface area contributed by atoms with E-state index in [2.05, 4.69) is 21.6 Å². The van der Waals surface area contributed by atoms with Gasteiger partial charge in [-0.3, -0.25) is 5.10 Å². The van der Waals surface area contributed by atoms with Crippen LogP contribution in [0, 0.1) is 11.8 Å². The smallest absolute Gasteiger partial charge is 0.0562 e. The maximum atomic E-state index is 4.01. The highest BCUT2D eigenvalue weighted by molar-refractivity contribution is 5.65. The quantitative estimate of drug-likeness (QED) is 0.701. The van der Waals surface area contributed by atoms with Gasteiger partial charge in [-0.2, -0.15) is 5.10 Å². The van der Waals surface area contributed by atoms with Crippen LogP contribution in [0.1, 0.15) is 18.4 Å². The molecule has 2 aliphatic rings. The molecule has 0 aromatic carbocycles. The summed E-state index contributed by atoms with van der Waals surface area (Å²) in [5.74, 6) is 1.58. The van der Waals surface area contributed by atoms with Crippen LogP contribution >= 0.6 is 0 Å². The highest BCUT2D eigenvalue weighted by atomic mass is 15.1. The van der Waals surface area contributed by atoms with Crippen LogP contribution in [0.3, 0.4) is 0 Å². The highest BCUT2D eigenvalue weighted by Crippen LogP contribution is 2.34. The van der Waals surface area contributed by atoms with Crippen molar-refractivity contribution < 1.29 is 0 Å². The van der Waals surface area contributed by atoms with Gasteiger partial charge in [-0.05, 0) is 36.8 Å². The first-order chi connectivity index (χ1) is 6.92. The molecule has 1 aromatic rings. The van der Waals surface area contributed by atoms with Gasteiger partial charge in [-0.25, -0.2) is 0 Å². The first-order valence-electron chi connectivity index (χ1n) is 5.32. The Bertz CT molecular complexity index is 339. The Hall–Kier alpha value is -1.09. The fraction of sp³-hybridized carbons (Fsp3) is 0.545. The molecule has 2 N–H and O–H groups in total. The van der Waals surface area contributed by atoms with E-state index in [4.69, 9.17) is 0 Å². The van der Waals surface area contributed by atoms with E-state index >= 15 is 0 Å². The Morgan fingerprint density at radius 3 is 3.14 bits per heavy atom. The summed E-state index contributed by atoms with van der Waals surface area (Å²) in [6, 6.07) is 0. The summed E-state index contributed by atoms with van der Waals surface area (Å²) < 4.78 is 0. The summed E-state index contributed by atoms with van der Waals surface area (Å²) in [6.07, 6.45) is 8.94. The van der Waals surface area contributed by atoms with Crippen molar-refractivity contribution in [2.75, 3.05) is 13.1 Å². The number of nitrogens with one attached hydrogen (secondary N) is 2. The van der Waals surface area contributed by atoms with Crippen molar-refractivity contribution in [1.82, 2.24) is 15.5 Å². The lowest BCUT2D eigenvalue weighted by molar-refractivity contribution is 0.317. The van der Waals surface area contributed by atoms with E-state index in [-0.39, 0.29) is 0 Å². The molecule has 2 bridgehead atoms. The number of H-pyrrole nitrogens is 1. The summed E-state index contributed by atoms with van der Waals surface area (Å²) >= 11 is 0. The van der Waals surface area contributed by atoms with E-state index in [0.717, 1.165) is 18.4 Å². The van der Waals surface area contributed by atoms with Crippen LogP contribution in [0.5, 0.6) is 0 Å². The van der Waals surface area contributed by atoms with Gasteiger partial charge in [0.1, 0.15) is 0 Å². The lowest BCUT2D eigenvalue weighted by Crippen LogP contribution is -2.37. The molecular weight excluding hydrogens is 174 g/mol. The number of rotatable bonds is 1. The summed E-state index contributed by atoms with van der Waals surface area (Å²) in [5.41, 5.74) is 2.77. The van der Waals surface area contributed by atoms with Crippen LogP contribution in [-0.4, -0.2) is 23.3 Å². The molecule has 1 aromatic heterocycles. The topological polar surface area (TPSA) is 40.7 Å². The molecule has 3 rings (SSSR count). The average molecular weight is 189 g/mol. The van der Waals surface area contributed by atoms with E-state index in [0.29, 0.717) is 0 Å². The number of piperidine rings is 1. The number of hydrogen-bond donors (Lipinski definition) is 2. The van der Waals surface area contributed by atoms with Gasteiger partial charge in [-0.1, -0.05) is 6.08 Å². The van der Waals surface area contributed by atoms with E-state index < -0.39 is 0 Å². The minimum absolute atomic E-state index is 0.743. The fourth-order valence-electron chi connectivity index (χ4n) is 2.65. The molecule has 14 heavy (non-hydrogen) atoms. The van der Waals surface area contributed by atoms with Crippen molar-refractivity contribution >= 4 is 5.57 Å². The number of nitrogens with zero attached hydrogens (tertiary/aromatic N) is 1. The number of fused-ring (bicyclic) bond motifs is 2. The maximum Gasteiger partial charge on any atom is 0.0562 e. The van der Waals surface area contributed by atoms with Gasteiger partial charge in [-0.15, -0.1) is 0 Å². The Labute approximate surface area is 83.6 Å². The van der Waals surface area contributed by atoms with Crippen molar-refractivity contribution in [1.29, 1.82) is 0 Å². The molecule has 2 atom stereocenters. The molecule has 3 nitrogen and oxygen atoms in total. The van der Waals surface area contributed by atoms with Crippen molar-refractivity contribution in [3.63, 3.8) is 0 Å². The third-order valence-electron chi connectivity index (χ3n) is 3.29. The molecule has 3 heteroatoms. The summed E-state index contributed by atoms with van der Waals surface area (Å²) in [7, 11) is 0. The first-order valence-corrected chi connectivity index (χ1v) is 5.32. The molecule has 1 aliphatic heterocycles. The number of hydrogen-bond acceptors (Lipinski definition) is 2. The minimum Gasteiger partial charge on any atom is -0.316 e. The second-order valence-electron chi connectivity index (χ2n) is 4.40. The Kier molecular flexibility index (Phi) is 1.91. The predicted molar refractivity (Wildman–Crippen MR) is 55.6 cm³/mol. The van der Waals surface area contributed by atoms with Crippen molar-refractivity contribution in [2.45, 2.75) is 12.8 Å². The molecule has 1 aliphatic carbocycles. The molecular formula is C11H15N3. The molecule has 0 spiro atoms. The second kappa shape index (κ2) is 3.24. The van der Waals surface area contributed by atoms with E-state index in [1.165, 1.54) is 30.5 Å². The Morgan fingerprint density at radius 2 is 2.36 bits per heavy atom. The van der Waals surface area contributed by atoms with Crippen LogP contribution in [0.4, 0.5) is 0 Å². The largest absolute Gasteiger partial charge is 0.316 e. The predicted octanol–water partition coefficient (Wildman–Crippen LogP) is 1.42. The zero-order chi connectivity index (χ0) is 9.38. The summed E-state index contributed by atoms with van der Waals surface area (Å²) in [4.78, 5) is 0. The first kappa shape index (κ1) is 8.24. The molecule has 1 fully saturated rings. The third kappa shape index (κ3) is 1.38. The molecule has 1 saturated heterocycles. The standard InChI is InChI=1S/C11H15N3/c1-8-2-10(11-6-13-14-7-11)3-9(1)5-12-4-8/h2,6-9,12H,1,3-5H2,(H,13,14). The lowest BCUT2D eigenvalue weighted by atomic mass is 9.78. The molecule has 74 valence electrons. The monoisotopic (exact) mass is 189 g/mol. The van der Waals surface area contributed by atoms with Crippen molar-refractivity contribution in [2.24, 2.45) is 11.8 Å². The van der Waals surface area contributed by atoms with Gasteiger partial charge < -0.3 is 5.32 Å². The third-order valence-corrected chi connectivity index (χ3v) is 3.29. The van der Waals surface area contributed by atoms with Gasteiger partial charge in [0.25, 0.3) is 0 Å². The van der Waals surface area contributed by atoms with Gasteiger partial charge in [0.2, 0.25) is 0 Å². The van der Waals surface area contributed by atoms with Gasteiger partial charge >= 0.3 is 0 Å². The van der Waals surface area contributed by atoms with Crippen molar-refractivity contribution in [3.8, 4) is 0 Å². The van der Waals surface area contributed by atoms with Gasteiger partial charge in [0.15, 0.2) is 0 Å². The highest BCUT2D eigenvalue weighted by Gasteiger charge is 2.26. The van der Waals surface area contributed by atoms with Gasteiger partial charge in [0, 0.05) is 18.3 Å². The van der Waals surface area contributed by atoms with E-state index in [1.54, 1.807) is 0 Å². The van der Waals surface area contributed by atoms with Crippen molar-refractivity contribution in [3.05, 3.63) is 24.0 Å². The fourth-order valence-corrected chi connectivity index (χ4v) is 2.65. The van der Waals surface area contributed by atoms with Crippen LogP contribution in [-0.2, 0) is 0 Å². The average Bonchev–Trinajstić information content (AvgIpc) is 2.69. The van der Waals surface area contributed by atoms with Gasteiger partial charge in [0.05, 0.1) is 6.20 Å². The van der Waals surface area contributed by atoms with E-state index in [1.807, 2.05) is 12.4 Å². The summed E-state index contributed by atoms with van der Waals surface area (Å²) in [5, 5.41) is 10.4. The Balaban J connectivity index is 1.90. The second-order valence-corrected chi connectivity index (χ2v) is 4.40. The molecule has 0 amide bonds. The number of allylic oxidation sites excluding steroid dienone is 1. The number of aromatic nitrogens is 2. The molecule has 2 heterocycles. The van der Waals surface area contributed by atoms with Crippen LogP contribution in [0.25, 0.3) is 5.57 Å². The molecule has 2 unspecified atom stereocenters. The van der Waals surface area contributed by atoms with E-state index in [9.17, 15) is 0 Å².